The molecule has 3 aliphatic heterocycles. The van der Waals surface area contributed by atoms with Crippen LogP contribution in [0, 0.1) is 30.9 Å². The third kappa shape index (κ3) is 5.11. The van der Waals surface area contributed by atoms with Gasteiger partial charge in [0.15, 0.2) is 5.78 Å². The molecule has 0 radical (unpaired) electrons. The molecule has 3 aliphatic rings. The molecule has 3 saturated heterocycles. The lowest BCUT2D eigenvalue weighted by molar-refractivity contribution is 0.0397. The zero-order valence-electron chi connectivity index (χ0n) is 24.5. The Bertz CT molecular complexity index is 1890. The summed E-state index contributed by atoms with van der Waals surface area (Å²) in [6.07, 6.45) is 6.75. The fraction of sp³-hybridized carbons (Fsp3) is 0.290. The van der Waals surface area contributed by atoms with E-state index in [-0.39, 0.29) is 36.0 Å². The van der Waals surface area contributed by atoms with Crippen LogP contribution in [-0.4, -0.2) is 82.2 Å². The normalized spacial score (nSPS) is 19.5. The summed E-state index contributed by atoms with van der Waals surface area (Å²) in [5.41, 5.74) is 1.09. The van der Waals surface area contributed by atoms with Gasteiger partial charge in [0, 0.05) is 42.6 Å². The van der Waals surface area contributed by atoms with Gasteiger partial charge in [0.2, 0.25) is 5.95 Å². The molecule has 8 rings (SSSR count). The number of aryl methyl sites for hydroxylation is 2. The number of hydrogen-bond donors (Lipinski definition) is 0. The maximum absolute atomic E-state index is 14.8. The Morgan fingerprint density at radius 3 is 1.93 bits per heavy atom. The number of Topliss-reactive ketones (excluding diaryl/α,β-unsaturated/α-hetero) is 1. The van der Waals surface area contributed by atoms with Crippen LogP contribution in [0.1, 0.15) is 44.9 Å². The molecule has 14 heteroatoms. The molecule has 228 valence electrons. The SMILES string of the molecule is Cc1cc(C)nc(N2CC3CCC(C(=O)c4cc(F)ccc4-n4nccn4)(C2)CN3C(=O)c2cc(F)ccc2-n2nccn2)n1. The first-order valence-corrected chi connectivity index (χ1v) is 14.5. The Balaban J connectivity index is 1.36. The third-order valence-electron chi connectivity index (χ3n) is 8.45. The van der Waals surface area contributed by atoms with Crippen LogP contribution in [-0.2, 0) is 0 Å². The first-order chi connectivity index (χ1) is 21.7. The van der Waals surface area contributed by atoms with Crippen LogP contribution in [0.15, 0.2) is 67.3 Å². The monoisotopic (exact) mass is 610 g/mol. The number of anilines is 1. The molecule has 2 bridgehead atoms. The Morgan fingerprint density at radius 1 is 0.778 bits per heavy atom. The van der Waals surface area contributed by atoms with Crippen LogP contribution in [0.2, 0.25) is 0 Å². The predicted octanol–water partition coefficient (Wildman–Crippen LogP) is 3.53. The zero-order valence-corrected chi connectivity index (χ0v) is 24.5. The van der Waals surface area contributed by atoms with E-state index < -0.39 is 23.0 Å². The van der Waals surface area contributed by atoms with Crippen molar-refractivity contribution in [1.82, 2.24) is 44.9 Å². The molecule has 3 fully saturated rings. The van der Waals surface area contributed by atoms with Crippen LogP contribution >= 0.6 is 0 Å². The van der Waals surface area contributed by atoms with Gasteiger partial charge in [0.05, 0.1) is 47.1 Å². The number of piperidine rings is 1. The van der Waals surface area contributed by atoms with Crippen LogP contribution < -0.4 is 4.90 Å². The minimum absolute atomic E-state index is 0.00160. The van der Waals surface area contributed by atoms with E-state index >= 15 is 0 Å². The van der Waals surface area contributed by atoms with Gasteiger partial charge in [-0.3, -0.25) is 9.59 Å². The minimum Gasteiger partial charge on any atom is -0.338 e. The number of fused-ring (bicyclic) bond motifs is 4. The van der Waals surface area contributed by atoms with Crippen LogP contribution in [0.3, 0.4) is 0 Å². The summed E-state index contributed by atoms with van der Waals surface area (Å²) in [7, 11) is 0. The van der Waals surface area contributed by atoms with Crippen molar-refractivity contribution < 1.29 is 18.4 Å². The van der Waals surface area contributed by atoms with E-state index in [1.54, 1.807) is 4.90 Å². The molecular formula is C31H28F2N10O2. The van der Waals surface area contributed by atoms with Gasteiger partial charge in [0.25, 0.3) is 5.91 Å². The summed E-state index contributed by atoms with van der Waals surface area (Å²) in [6, 6.07) is 9.25. The lowest BCUT2D eigenvalue weighted by atomic mass is 9.73. The first-order valence-electron chi connectivity index (χ1n) is 14.5. The van der Waals surface area contributed by atoms with Gasteiger partial charge >= 0.3 is 0 Å². The number of nitrogens with zero attached hydrogens (tertiary/aromatic N) is 10. The van der Waals surface area contributed by atoms with Crippen LogP contribution in [0.5, 0.6) is 0 Å². The van der Waals surface area contributed by atoms with Crippen molar-refractivity contribution in [1.29, 1.82) is 0 Å². The number of aromatic nitrogens is 8. The van der Waals surface area contributed by atoms with Crippen molar-refractivity contribution in [3.63, 3.8) is 0 Å². The molecule has 0 saturated carbocycles. The van der Waals surface area contributed by atoms with Crippen LogP contribution in [0.4, 0.5) is 14.7 Å². The average molecular weight is 611 g/mol. The molecule has 1 amide bonds. The van der Waals surface area contributed by atoms with E-state index in [9.17, 15) is 18.4 Å². The summed E-state index contributed by atoms with van der Waals surface area (Å²) < 4.78 is 29.4. The molecule has 3 aromatic heterocycles. The van der Waals surface area contributed by atoms with Crippen molar-refractivity contribution in [2.75, 3.05) is 24.5 Å². The molecule has 45 heavy (non-hydrogen) atoms. The van der Waals surface area contributed by atoms with Crippen molar-refractivity contribution in [3.8, 4) is 11.4 Å². The van der Waals surface area contributed by atoms with Crippen molar-refractivity contribution in [2.45, 2.75) is 32.7 Å². The lowest BCUT2D eigenvalue weighted by Crippen LogP contribution is -2.54. The predicted molar refractivity (Wildman–Crippen MR) is 157 cm³/mol. The van der Waals surface area contributed by atoms with E-state index in [1.165, 1.54) is 64.7 Å². The van der Waals surface area contributed by atoms with Crippen molar-refractivity contribution in [3.05, 3.63) is 101 Å². The quantitative estimate of drug-likeness (QED) is 0.265. The minimum atomic E-state index is -1.20. The fourth-order valence-corrected chi connectivity index (χ4v) is 6.47. The molecular weight excluding hydrogens is 582 g/mol. The standard InChI is InChI=1S/C31H28F2N10O2/c1-19-13-20(2)39-30(38-19)40-16-23-7-8-31(17-40,28(44)24-14-21(32)3-5-26(24)42-34-9-10-35-42)18-41(23)29(45)25-15-22(33)4-6-27(25)43-36-11-12-37-43/h3-6,9-15,23H,7-8,16-18H2,1-2H3. The number of ketones is 1. The summed E-state index contributed by atoms with van der Waals surface area (Å²) in [4.78, 5) is 44.6. The van der Waals surface area contributed by atoms with E-state index in [1.807, 2.05) is 24.8 Å². The van der Waals surface area contributed by atoms with E-state index in [4.69, 9.17) is 0 Å². The Kier molecular flexibility index (Phi) is 6.90. The number of halogens is 2. The number of benzene rings is 2. The van der Waals surface area contributed by atoms with Gasteiger partial charge < -0.3 is 9.80 Å². The Hall–Kier alpha value is -5.40. The number of carbonyl (C=O) groups excluding carboxylic acids is 2. The highest BCUT2D eigenvalue weighted by molar-refractivity contribution is 6.05. The van der Waals surface area contributed by atoms with Crippen molar-refractivity contribution >= 4 is 17.6 Å². The number of rotatable bonds is 6. The summed E-state index contributed by atoms with van der Waals surface area (Å²) in [5.74, 6) is -1.59. The number of carbonyl (C=O) groups is 2. The van der Waals surface area contributed by atoms with Gasteiger partial charge in [-0.1, -0.05) is 0 Å². The Labute approximate surface area is 256 Å². The van der Waals surface area contributed by atoms with Crippen LogP contribution in [0.25, 0.3) is 11.4 Å². The molecule has 2 unspecified atom stereocenters. The first kappa shape index (κ1) is 28.4. The molecule has 12 nitrogen and oxygen atoms in total. The summed E-state index contributed by atoms with van der Waals surface area (Å²) in [6.45, 7) is 4.25. The molecule has 6 heterocycles. The summed E-state index contributed by atoms with van der Waals surface area (Å²) >= 11 is 0. The van der Waals surface area contributed by atoms with Gasteiger partial charge in [0.1, 0.15) is 11.6 Å². The lowest BCUT2D eigenvalue weighted by Gasteiger charge is -2.42. The second kappa shape index (κ2) is 10.9. The average Bonchev–Trinajstić information content (AvgIpc) is 3.70. The van der Waals surface area contributed by atoms with Gasteiger partial charge in [-0.2, -0.15) is 30.0 Å². The second-order valence-electron chi connectivity index (χ2n) is 11.5. The van der Waals surface area contributed by atoms with Gasteiger partial charge in [-0.15, -0.1) is 0 Å². The molecule has 0 spiro atoms. The molecule has 2 atom stereocenters. The smallest absolute Gasteiger partial charge is 0.256 e. The highest BCUT2D eigenvalue weighted by Crippen LogP contribution is 2.43. The topological polar surface area (TPSA) is 128 Å². The molecule has 0 aliphatic carbocycles. The third-order valence-corrected chi connectivity index (χ3v) is 8.45. The number of amides is 1. The molecule has 2 aromatic carbocycles. The largest absolute Gasteiger partial charge is 0.338 e. The fourth-order valence-electron chi connectivity index (χ4n) is 6.47. The second-order valence-corrected chi connectivity index (χ2v) is 11.5. The zero-order chi connectivity index (χ0) is 31.3. The van der Waals surface area contributed by atoms with Crippen molar-refractivity contribution in [2.24, 2.45) is 5.41 Å². The van der Waals surface area contributed by atoms with E-state index in [0.717, 1.165) is 17.5 Å². The van der Waals surface area contributed by atoms with E-state index in [2.05, 4.69) is 30.4 Å². The Morgan fingerprint density at radius 2 is 1.33 bits per heavy atom. The molecule has 0 N–H and O–H groups in total. The van der Waals surface area contributed by atoms with Gasteiger partial charge in [-0.25, -0.2) is 18.7 Å². The van der Waals surface area contributed by atoms with E-state index in [0.29, 0.717) is 36.7 Å². The number of hydrogen-bond acceptors (Lipinski definition) is 9. The maximum atomic E-state index is 14.8. The summed E-state index contributed by atoms with van der Waals surface area (Å²) in [5, 5.41) is 16.6. The van der Waals surface area contributed by atoms with Gasteiger partial charge in [-0.05, 0) is 69.2 Å². The maximum Gasteiger partial charge on any atom is 0.256 e. The highest BCUT2D eigenvalue weighted by Gasteiger charge is 2.52. The molecule has 5 aromatic rings. The highest BCUT2D eigenvalue weighted by atomic mass is 19.1.